The molecule has 1 aliphatic heterocycles. The van der Waals surface area contributed by atoms with Crippen molar-refractivity contribution < 1.29 is 55.4 Å². The molecule has 1 aromatic heterocycles. The molecule has 0 aliphatic carbocycles. The minimum atomic E-state index is -3.34. The van der Waals surface area contributed by atoms with Crippen molar-refractivity contribution in [3.8, 4) is 0 Å². The van der Waals surface area contributed by atoms with Gasteiger partial charge in [0.25, 0.3) is 5.91 Å². The van der Waals surface area contributed by atoms with E-state index in [9.17, 15) is 36.7 Å². The van der Waals surface area contributed by atoms with Gasteiger partial charge >= 0.3 is 13.2 Å². The van der Waals surface area contributed by atoms with Gasteiger partial charge in [-0.05, 0) is 18.9 Å². The first-order valence-electron chi connectivity index (χ1n) is 11.8. The number of ether oxygens (including phenoxy) is 3. The minimum Gasteiger partial charge on any atom is -0.438 e. The molecule has 0 bridgehead atoms. The first-order valence-corrected chi connectivity index (χ1v) is 11.8. The Labute approximate surface area is 224 Å². The van der Waals surface area contributed by atoms with Crippen LogP contribution >= 0.6 is 0 Å². The molecule has 1 fully saturated rings. The van der Waals surface area contributed by atoms with E-state index in [0.717, 1.165) is 12.6 Å². The number of benzene rings is 1. The molecule has 2 aromatic rings. The number of hydrogen-bond donors (Lipinski definition) is 3. The Hall–Kier alpha value is -3.89. The Kier molecular flexibility index (Phi) is 10.7. The summed E-state index contributed by atoms with van der Waals surface area (Å²) in [7, 11) is 0. The number of nitrogens with one attached hydrogen (secondary N) is 3. The minimum absolute atomic E-state index is 0.0127. The highest BCUT2D eigenvalue weighted by atomic mass is 19.3. The molecule has 16 heteroatoms. The zero-order chi connectivity index (χ0) is 29.3. The Morgan fingerprint density at radius 2 is 1.48 bits per heavy atom. The summed E-state index contributed by atoms with van der Waals surface area (Å²) in [5.41, 5.74) is -0.498. The average Bonchev–Trinajstić information content (AvgIpc) is 3.42. The van der Waals surface area contributed by atoms with Gasteiger partial charge in [0.2, 0.25) is 17.6 Å². The van der Waals surface area contributed by atoms with Crippen LogP contribution in [0.4, 0.5) is 17.6 Å². The van der Waals surface area contributed by atoms with Crippen molar-refractivity contribution in [2.75, 3.05) is 19.8 Å². The fourth-order valence-corrected chi connectivity index (χ4v) is 3.48. The number of amides is 3. The zero-order valence-corrected chi connectivity index (χ0v) is 21.0. The molecule has 0 saturated carbocycles. The molecule has 2 heterocycles. The van der Waals surface area contributed by atoms with Crippen LogP contribution in [0.15, 0.2) is 47.3 Å². The number of carbonyl (C=O) groups is 4. The summed E-state index contributed by atoms with van der Waals surface area (Å²) in [6, 6.07) is 3.72. The number of epoxide rings is 1. The SMILES string of the molecule is C[C@]1(C(=O)[C@H](Cc2ccccc2)NC(=O)[C@H](COC(F)F)NC(=O)C(COC(F)F)NC(=O)c2cnco2)CO1. The third-order valence-corrected chi connectivity index (χ3v) is 5.70. The lowest BCUT2D eigenvalue weighted by Crippen LogP contribution is -2.59. The predicted molar refractivity (Wildman–Crippen MR) is 125 cm³/mol. The van der Waals surface area contributed by atoms with Crippen LogP contribution in [0.3, 0.4) is 0 Å². The average molecular weight is 574 g/mol. The van der Waals surface area contributed by atoms with Crippen LogP contribution < -0.4 is 16.0 Å². The maximum absolute atomic E-state index is 13.1. The zero-order valence-electron chi connectivity index (χ0n) is 21.0. The second-order valence-electron chi connectivity index (χ2n) is 8.78. The summed E-state index contributed by atoms with van der Waals surface area (Å²) < 4.78 is 69.3. The predicted octanol–water partition coefficient (Wildman–Crippen LogP) is 0.822. The summed E-state index contributed by atoms with van der Waals surface area (Å²) in [6.45, 7) is -7.15. The van der Waals surface area contributed by atoms with Gasteiger partial charge < -0.3 is 34.6 Å². The van der Waals surface area contributed by atoms with Crippen LogP contribution in [-0.2, 0) is 35.0 Å². The number of rotatable bonds is 16. The second kappa shape index (κ2) is 14.0. The smallest absolute Gasteiger partial charge is 0.345 e. The molecule has 3 N–H and O–H groups in total. The number of alkyl halides is 4. The second-order valence-corrected chi connectivity index (χ2v) is 8.78. The lowest BCUT2D eigenvalue weighted by Gasteiger charge is -2.25. The standard InChI is InChI=1S/C24H26F4N4O8/c1-24(11-40-24)18(33)14(7-13-5-3-2-4-6-13)30-19(34)15(9-37-22(25)26)31-20(35)16(10-38-23(27)28)32-21(36)17-8-29-12-39-17/h2-6,8,12,14-16,22-23H,7,9-11H2,1H3,(H,30,34)(H,31,35)(H,32,36)/t14-,15-,16?,24+/m0/s1. The molecule has 1 aliphatic rings. The Balaban J connectivity index is 1.76. The van der Waals surface area contributed by atoms with Gasteiger partial charge in [-0.3, -0.25) is 19.2 Å². The largest absolute Gasteiger partial charge is 0.438 e. The fraction of sp³-hybridized carbons (Fsp3) is 0.458. The van der Waals surface area contributed by atoms with Gasteiger partial charge in [0.1, 0.15) is 17.7 Å². The molecule has 3 rings (SSSR count). The van der Waals surface area contributed by atoms with E-state index in [4.69, 9.17) is 9.15 Å². The van der Waals surface area contributed by atoms with Crippen LogP contribution in [0.5, 0.6) is 0 Å². The van der Waals surface area contributed by atoms with Crippen molar-refractivity contribution in [3.05, 3.63) is 54.2 Å². The Morgan fingerprint density at radius 1 is 0.925 bits per heavy atom. The molecule has 0 radical (unpaired) electrons. The maximum atomic E-state index is 13.1. The van der Waals surface area contributed by atoms with Crippen molar-refractivity contribution in [2.24, 2.45) is 0 Å². The van der Waals surface area contributed by atoms with Crippen molar-refractivity contribution in [1.29, 1.82) is 0 Å². The van der Waals surface area contributed by atoms with Gasteiger partial charge in [-0.25, -0.2) is 4.98 Å². The molecular weight excluding hydrogens is 548 g/mol. The van der Waals surface area contributed by atoms with E-state index < -0.39 is 73.7 Å². The number of ketones is 1. The monoisotopic (exact) mass is 574 g/mol. The van der Waals surface area contributed by atoms with E-state index in [1.54, 1.807) is 30.3 Å². The number of aromatic nitrogens is 1. The molecule has 0 spiro atoms. The number of oxazole rings is 1. The van der Waals surface area contributed by atoms with Crippen molar-refractivity contribution >= 4 is 23.5 Å². The van der Waals surface area contributed by atoms with Crippen molar-refractivity contribution in [1.82, 2.24) is 20.9 Å². The van der Waals surface area contributed by atoms with Gasteiger partial charge in [0.05, 0.1) is 32.1 Å². The molecule has 4 atom stereocenters. The number of nitrogens with zero attached hydrogens (tertiary/aromatic N) is 1. The van der Waals surface area contributed by atoms with Crippen LogP contribution in [0.1, 0.15) is 23.0 Å². The summed E-state index contributed by atoms with van der Waals surface area (Å²) in [5, 5.41) is 6.56. The van der Waals surface area contributed by atoms with Crippen LogP contribution in [0.2, 0.25) is 0 Å². The van der Waals surface area contributed by atoms with Crippen LogP contribution in [-0.4, -0.2) is 85.3 Å². The van der Waals surface area contributed by atoms with E-state index in [-0.39, 0.29) is 18.8 Å². The van der Waals surface area contributed by atoms with E-state index >= 15 is 0 Å². The first kappa shape index (κ1) is 30.6. The lowest BCUT2D eigenvalue weighted by atomic mass is 9.94. The fourth-order valence-electron chi connectivity index (χ4n) is 3.48. The van der Waals surface area contributed by atoms with Crippen molar-refractivity contribution in [3.63, 3.8) is 0 Å². The first-order chi connectivity index (χ1) is 19.0. The van der Waals surface area contributed by atoms with Gasteiger partial charge in [0.15, 0.2) is 12.2 Å². The van der Waals surface area contributed by atoms with E-state index in [1.807, 2.05) is 0 Å². The quantitative estimate of drug-likeness (QED) is 0.195. The number of hydrogen-bond acceptors (Lipinski definition) is 9. The molecule has 1 unspecified atom stereocenters. The highest BCUT2D eigenvalue weighted by molar-refractivity contribution is 5.99. The van der Waals surface area contributed by atoms with E-state index in [2.05, 4.69) is 30.4 Å². The van der Waals surface area contributed by atoms with E-state index in [1.165, 1.54) is 6.92 Å². The van der Waals surface area contributed by atoms with Gasteiger partial charge in [-0.15, -0.1) is 0 Å². The molecule has 218 valence electrons. The number of Topliss-reactive ketones (excluding diaryl/α,β-unsaturated/α-hetero) is 1. The highest BCUT2D eigenvalue weighted by Gasteiger charge is 2.50. The third kappa shape index (κ3) is 9.10. The van der Waals surface area contributed by atoms with Gasteiger partial charge in [0, 0.05) is 0 Å². The Morgan fingerprint density at radius 3 is 1.98 bits per heavy atom. The van der Waals surface area contributed by atoms with Crippen LogP contribution in [0.25, 0.3) is 0 Å². The number of carbonyl (C=O) groups excluding carboxylic acids is 4. The molecule has 12 nitrogen and oxygen atoms in total. The lowest BCUT2D eigenvalue weighted by molar-refractivity contribution is -0.152. The molecular formula is C24H26F4N4O8. The maximum Gasteiger partial charge on any atom is 0.345 e. The Bertz CT molecular complexity index is 1150. The van der Waals surface area contributed by atoms with Crippen LogP contribution in [0, 0.1) is 0 Å². The number of halogens is 4. The molecule has 3 amide bonds. The van der Waals surface area contributed by atoms with Crippen molar-refractivity contribution in [2.45, 2.75) is 50.3 Å². The molecule has 1 saturated heterocycles. The third-order valence-electron chi connectivity index (χ3n) is 5.70. The van der Waals surface area contributed by atoms with Gasteiger partial charge in [-0.1, -0.05) is 30.3 Å². The topological polar surface area (TPSA) is 161 Å². The van der Waals surface area contributed by atoms with Gasteiger partial charge in [-0.2, -0.15) is 17.6 Å². The summed E-state index contributed by atoms with van der Waals surface area (Å²) in [5.74, 6) is -4.25. The molecule has 1 aromatic carbocycles. The normalized spacial score (nSPS) is 18.6. The summed E-state index contributed by atoms with van der Waals surface area (Å²) in [4.78, 5) is 54.9. The summed E-state index contributed by atoms with van der Waals surface area (Å²) in [6.07, 6.45) is 1.90. The highest BCUT2D eigenvalue weighted by Crippen LogP contribution is 2.29. The van der Waals surface area contributed by atoms with E-state index in [0.29, 0.717) is 5.56 Å². The molecule has 40 heavy (non-hydrogen) atoms. The summed E-state index contributed by atoms with van der Waals surface area (Å²) >= 11 is 0.